The molecule has 0 aliphatic carbocycles. The van der Waals surface area contributed by atoms with Gasteiger partial charge in [0.25, 0.3) is 0 Å². The number of nitrogens with one attached hydrogen (secondary N) is 1. The molecular formula is C31H47FKN3O4. The maximum absolute atomic E-state index is 13.9. The van der Waals surface area contributed by atoms with Crippen molar-refractivity contribution in [2.75, 3.05) is 52.4 Å². The number of methoxy groups -OCH3 is 1. The molecule has 2 N–H and O–H groups in total. The van der Waals surface area contributed by atoms with Crippen molar-refractivity contribution in [1.82, 2.24) is 9.88 Å². The van der Waals surface area contributed by atoms with E-state index in [9.17, 15) is 4.39 Å². The fourth-order valence-electron chi connectivity index (χ4n) is 5.38. The topological polar surface area (TPSA) is 89.9 Å². The molecule has 1 fully saturated rings. The van der Waals surface area contributed by atoms with E-state index in [-0.39, 0.29) is 75.3 Å². The zero-order valence-electron chi connectivity index (χ0n) is 25.2. The number of aryl methyl sites for hydroxylation is 2. The molecule has 0 radical (unpaired) electrons. The maximum atomic E-state index is 13.9. The molecule has 2 aromatic rings. The number of ether oxygens (including phenoxy) is 2. The summed E-state index contributed by atoms with van der Waals surface area (Å²) in [5.74, 6) is 1.88. The van der Waals surface area contributed by atoms with E-state index in [1.807, 2.05) is 0 Å². The van der Waals surface area contributed by atoms with Gasteiger partial charge in [-0.2, -0.15) is 7.11 Å². The van der Waals surface area contributed by atoms with Crippen LogP contribution in [-0.2, 0) is 30.5 Å². The van der Waals surface area contributed by atoms with Crippen molar-refractivity contribution in [3.05, 3.63) is 52.5 Å². The van der Waals surface area contributed by atoms with Gasteiger partial charge in [-0.25, -0.2) is 9.37 Å². The van der Waals surface area contributed by atoms with Crippen LogP contribution in [0.15, 0.2) is 24.3 Å². The standard InChI is InChI=1S/C18H26FNO2.C12H18N2O.CH3O.K/c1-18(2,21-3)14-9-16-13(11-20-6-4-5-7-20)8-15(19)10-17(16)22-12-14;15-9-2-1-5-11-7-6-10-4-3-8-13-12(10)14-11;1-2;/h8,10,14H,4-7,9,11-12H2,1-3H3;6-7,15H,1-5,8-9H2,(H,13,14);1H3;/q;;-1;+1. The number of aliphatic hydroxyl groups is 1. The van der Waals surface area contributed by atoms with Crippen LogP contribution < -0.4 is 66.5 Å². The summed E-state index contributed by atoms with van der Waals surface area (Å²) in [5, 5.41) is 20.3. The molecule has 1 atom stereocenters. The largest absolute Gasteiger partial charge is 1.00 e. The third-order valence-electron chi connectivity index (χ3n) is 8.05. The molecule has 3 aliphatic rings. The Morgan fingerprint density at radius 2 is 1.93 bits per heavy atom. The number of halogens is 1. The fraction of sp³-hybridized carbons (Fsp3) is 0.645. The molecule has 0 saturated carbocycles. The second-order valence-electron chi connectivity index (χ2n) is 11.1. The Kier molecular flexibility index (Phi) is 16.1. The fourth-order valence-corrected chi connectivity index (χ4v) is 5.38. The van der Waals surface area contributed by atoms with Crippen LogP contribution in [0.5, 0.6) is 5.75 Å². The van der Waals surface area contributed by atoms with Gasteiger partial charge in [0.1, 0.15) is 17.4 Å². The number of fused-ring (bicyclic) bond motifs is 2. The molecule has 5 rings (SSSR count). The van der Waals surface area contributed by atoms with Crippen LogP contribution in [0.1, 0.15) is 68.3 Å². The minimum atomic E-state index is -0.239. The molecule has 1 unspecified atom stereocenters. The van der Waals surface area contributed by atoms with Gasteiger partial charge in [-0.15, -0.1) is 0 Å². The molecule has 40 heavy (non-hydrogen) atoms. The second-order valence-corrected chi connectivity index (χ2v) is 11.1. The minimum absolute atomic E-state index is 0. The van der Waals surface area contributed by atoms with Gasteiger partial charge in [-0.1, -0.05) is 6.07 Å². The number of nitrogens with zero attached hydrogens (tertiary/aromatic N) is 2. The van der Waals surface area contributed by atoms with Gasteiger partial charge in [-0.05, 0) is 107 Å². The third kappa shape index (κ3) is 10.3. The molecule has 3 aliphatic heterocycles. The predicted octanol–water partition coefficient (Wildman–Crippen LogP) is 1.13. The summed E-state index contributed by atoms with van der Waals surface area (Å²) in [6, 6.07) is 7.51. The summed E-state index contributed by atoms with van der Waals surface area (Å²) in [5.41, 5.74) is 4.48. The van der Waals surface area contributed by atoms with Crippen molar-refractivity contribution in [3.63, 3.8) is 0 Å². The van der Waals surface area contributed by atoms with E-state index in [1.165, 1.54) is 30.9 Å². The Balaban J connectivity index is 0.000000273. The number of anilines is 1. The monoisotopic (exact) mass is 583 g/mol. The SMILES string of the molecule is COC(C)(C)C1COc2cc(F)cc(CN3CCCC3)c2C1.C[O-].OCCCCc1ccc2c(n1)NCCC2.[K+]. The van der Waals surface area contributed by atoms with Gasteiger partial charge < -0.3 is 25.0 Å². The Labute approximate surface area is 282 Å². The van der Waals surface area contributed by atoms with Crippen molar-refractivity contribution in [2.45, 2.75) is 77.4 Å². The average molecular weight is 584 g/mol. The molecule has 4 heterocycles. The Hall–Kier alpha value is -0.624. The van der Waals surface area contributed by atoms with Crippen LogP contribution in [0.3, 0.4) is 0 Å². The van der Waals surface area contributed by atoms with Gasteiger partial charge in [0.15, 0.2) is 0 Å². The molecular weight excluding hydrogens is 536 g/mol. The van der Waals surface area contributed by atoms with E-state index in [4.69, 9.17) is 19.7 Å². The summed E-state index contributed by atoms with van der Waals surface area (Å²) in [6.07, 6.45) is 8.58. The van der Waals surface area contributed by atoms with Crippen LogP contribution in [0.2, 0.25) is 0 Å². The molecule has 7 nitrogen and oxygen atoms in total. The molecule has 218 valence electrons. The molecule has 9 heteroatoms. The normalized spacial score (nSPS) is 17.9. The number of rotatable bonds is 8. The Morgan fingerprint density at radius 3 is 2.62 bits per heavy atom. The number of aromatic nitrogens is 1. The Morgan fingerprint density at radius 1 is 1.18 bits per heavy atom. The van der Waals surface area contributed by atoms with Crippen LogP contribution in [0, 0.1) is 11.7 Å². The van der Waals surface area contributed by atoms with Gasteiger partial charge in [-0.3, -0.25) is 4.90 Å². The van der Waals surface area contributed by atoms with Crippen molar-refractivity contribution in [3.8, 4) is 5.75 Å². The molecule has 0 bridgehead atoms. The number of unbranched alkanes of at least 4 members (excludes halogenated alkanes) is 1. The van der Waals surface area contributed by atoms with Gasteiger partial charge in [0, 0.05) is 44.5 Å². The van der Waals surface area contributed by atoms with E-state index in [0.717, 1.165) is 93.8 Å². The van der Waals surface area contributed by atoms with Crippen LogP contribution >= 0.6 is 0 Å². The van der Waals surface area contributed by atoms with Crippen molar-refractivity contribution in [2.24, 2.45) is 5.92 Å². The molecule has 0 spiro atoms. The summed E-state index contributed by atoms with van der Waals surface area (Å²) in [7, 11) is 2.49. The van der Waals surface area contributed by atoms with E-state index >= 15 is 0 Å². The van der Waals surface area contributed by atoms with Gasteiger partial charge in [0.2, 0.25) is 0 Å². The van der Waals surface area contributed by atoms with Crippen molar-refractivity contribution >= 4 is 5.82 Å². The van der Waals surface area contributed by atoms with E-state index in [1.54, 1.807) is 13.2 Å². The summed E-state index contributed by atoms with van der Waals surface area (Å²) >= 11 is 0. The quantitative estimate of drug-likeness (QED) is 0.356. The zero-order chi connectivity index (χ0) is 28.3. The summed E-state index contributed by atoms with van der Waals surface area (Å²) in [6.45, 7) is 9.14. The molecule has 0 amide bonds. The molecule has 1 saturated heterocycles. The summed E-state index contributed by atoms with van der Waals surface area (Å²) in [4.78, 5) is 7.00. The smallest absolute Gasteiger partial charge is 0.857 e. The second kappa shape index (κ2) is 18.1. The van der Waals surface area contributed by atoms with Crippen LogP contribution in [-0.4, -0.2) is 67.7 Å². The van der Waals surface area contributed by atoms with E-state index < -0.39 is 0 Å². The first-order chi connectivity index (χ1) is 18.9. The maximum Gasteiger partial charge on any atom is 1.00 e. The minimum Gasteiger partial charge on any atom is -0.857 e. The van der Waals surface area contributed by atoms with Gasteiger partial charge in [0.05, 0.1) is 12.2 Å². The first-order valence-electron chi connectivity index (χ1n) is 14.4. The number of hydrogen-bond donors (Lipinski definition) is 2. The molecule has 1 aromatic carbocycles. The number of hydrogen-bond acceptors (Lipinski definition) is 7. The number of aliphatic hydroxyl groups excluding tert-OH is 1. The van der Waals surface area contributed by atoms with E-state index in [2.05, 4.69) is 41.2 Å². The third-order valence-corrected chi connectivity index (χ3v) is 8.05. The first-order valence-corrected chi connectivity index (χ1v) is 14.4. The number of pyridine rings is 1. The number of likely N-dealkylation sites (tertiary alicyclic amines) is 1. The van der Waals surface area contributed by atoms with Crippen LogP contribution in [0.25, 0.3) is 0 Å². The Bertz CT molecular complexity index is 1030. The molecule has 1 aromatic heterocycles. The predicted molar refractivity (Wildman–Crippen MR) is 152 cm³/mol. The van der Waals surface area contributed by atoms with Crippen LogP contribution in [0.4, 0.5) is 10.2 Å². The summed E-state index contributed by atoms with van der Waals surface area (Å²) < 4.78 is 25.4. The number of benzene rings is 1. The van der Waals surface area contributed by atoms with Crippen molar-refractivity contribution < 1.29 is 75.5 Å². The van der Waals surface area contributed by atoms with Gasteiger partial charge >= 0.3 is 51.4 Å². The first kappa shape index (κ1) is 35.6. The average Bonchev–Trinajstić information content (AvgIpc) is 3.47. The van der Waals surface area contributed by atoms with Crippen molar-refractivity contribution in [1.29, 1.82) is 0 Å². The zero-order valence-corrected chi connectivity index (χ0v) is 28.4. The van der Waals surface area contributed by atoms with E-state index in [0.29, 0.717) is 6.61 Å².